The van der Waals surface area contributed by atoms with E-state index in [1.54, 1.807) is 6.92 Å². The molecule has 1 rings (SSSR count). The molecule has 18 heavy (non-hydrogen) atoms. The Bertz CT molecular complexity index is 426. The van der Waals surface area contributed by atoms with Crippen LogP contribution in [0.15, 0.2) is 24.3 Å². The molecule has 1 aromatic carbocycles. The normalized spacial score (nSPS) is 12.7. The lowest BCUT2D eigenvalue weighted by Crippen LogP contribution is -2.28. The van der Waals surface area contributed by atoms with Crippen LogP contribution in [-0.4, -0.2) is 0 Å². The number of hydrogen-bond acceptors (Lipinski definition) is 2. The SMILES string of the molecule is CC#CCCC(NN)c1ccc(C(F)(F)F)cc1. The highest BCUT2D eigenvalue weighted by molar-refractivity contribution is 5.26. The molecule has 0 aliphatic rings. The summed E-state index contributed by atoms with van der Waals surface area (Å²) in [6.45, 7) is 1.74. The van der Waals surface area contributed by atoms with Gasteiger partial charge in [-0.1, -0.05) is 12.1 Å². The fraction of sp³-hybridized carbons (Fsp3) is 0.385. The molecule has 1 aromatic rings. The third kappa shape index (κ3) is 4.06. The number of halogens is 3. The quantitative estimate of drug-likeness (QED) is 0.493. The summed E-state index contributed by atoms with van der Waals surface area (Å²) in [7, 11) is 0. The standard InChI is InChI=1S/C13H15F3N2/c1-2-3-4-5-12(18-17)10-6-8-11(9-7-10)13(14,15)16/h6-9,12,18H,4-5,17H2,1H3. The molecular formula is C13H15F3N2. The predicted molar refractivity (Wildman–Crippen MR) is 64.2 cm³/mol. The first-order valence-corrected chi connectivity index (χ1v) is 5.52. The van der Waals surface area contributed by atoms with Gasteiger partial charge in [-0.25, -0.2) is 0 Å². The van der Waals surface area contributed by atoms with Crippen molar-refractivity contribution in [3.05, 3.63) is 35.4 Å². The van der Waals surface area contributed by atoms with Gasteiger partial charge in [0.1, 0.15) is 0 Å². The van der Waals surface area contributed by atoms with Gasteiger partial charge in [0.25, 0.3) is 0 Å². The molecule has 0 fully saturated rings. The summed E-state index contributed by atoms with van der Waals surface area (Å²) in [4.78, 5) is 0. The average Bonchev–Trinajstić information content (AvgIpc) is 2.34. The minimum atomic E-state index is -4.31. The van der Waals surface area contributed by atoms with Gasteiger partial charge in [0.05, 0.1) is 5.56 Å². The molecule has 0 heterocycles. The van der Waals surface area contributed by atoms with Gasteiger partial charge in [-0.2, -0.15) is 13.2 Å². The Morgan fingerprint density at radius 1 is 1.28 bits per heavy atom. The third-order valence-corrected chi connectivity index (χ3v) is 2.58. The fourth-order valence-corrected chi connectivity index (χ4v) is 1.59. The highest BCUT2D eigenvalue weighted by Gasteiger charge is 2.30. The molecule has 1 atom stereocenters. The van der Waals surface area contributed by atoms with Gasteiger partial charge >= 0.3 is 6.18 Å². The van der Waals surface area contributed by atoms with E-state index in [1.165, 1.54) is 12.1 Å². The van der Waals surface area contributed by atoms with E-state index in [9.17, 15) is 13.2 Å². The minimum absolute atomic E-state index is 0.187. The molecule has 0 amide bonds. The van der Waals surface area contributed by atoms with Crippen LogP contribution < -0.4 is 11.3 Å². The monoisotopic (exact) mass is 256 g/mol. The van der Waals surface area contributed by atoms with Crippen molar-refractivity contribution in [2.75, 3.05) is 0 Å². The van der Waals surface area contributed by atoms with Crippen molar-refractivity contribution in [1.29, 1.82) is 0 Å². The van der Waals surface area contributed by atoms with Gasteiger partial charge in [0, 0.05) is 12.5 Å². The maximum absolute atomic E-state index is 12.4. The van der Waals surface area contributed by atoms with E-state index >= 15 is 0 Å². The maximum Gasteiger partial charge on any atom is 0.416 e. The van der Waals surface area contributed by atoms with E-state index in [4.69, 9.17) is 5.84 Å². The molecule has 0 spiro atoms. The first-order chi connectivity index (χ1) is 8.49. The zero-order chi connectivity index (χ0) is 13.6. The molecule has 5 heteroatoms. The second-order valence-corrected chi connectivity index (χ2v) is 3.80. The van der Waals surface area contributed by atoms with Crippen LogP contribution >= 0.6 is 0 Å². The number of nitrogens with two attached hydrogens (primary N) is 1. The van der Waals surface area contributed by atoms with Crippen LogP contribution in [-0.2, 0) is 6.18 Å². The van der Waals surface area contributed by atoms with Crippen LogP contribution in [0.3, 0.4) is 0 Å². The number of alkyl halides is 3. The predicted octanol–water partition coefficient (Wildman–Crippen LogP) is 3.01. The summed E-state index contributed by atoms with van der Waals surface area (Å²) in [5.41, 5.74) is 2.65. The highest BCUT2D eigenvalue weighted by Crippen LogP contribution is 2.30. The van der Waals surface area contributed by atoms with E-state index in [2.05, 4.69) is 17.3 Å². The maximum atomic E-state index is 12.4. The fourth-order valence-electron chi connectivity index (χ4n) is 1.59. The number of hydrogen-bond donors (Lipinski definition) is 2. The summed E-state index contributed by atoms with van der Waals surface area (Å²) in [6, 6.07) is 4.81. The van der Waals surface area contributed by atoms with Gasteiger partial charge in [0.2, 0.25) is 0 Å². The van der Waals surface area contributed by atoms with Gasteiger partial charge in [0.15, 0.2) is 0 Å². The second-order valence-electron chi connectivity index (χ2n) is 3.80. The van der Waals surface area contributed by atoms with Crippen molar-refractivity contribution < 1.29 is 13.2 Å². The minimum Gasteiger partial charge on any atom is -0.271 e. The van der Waals surface area contributed by atoms with E-state index in [0.717, 1.165) is 17.7 Å². The number of hydrazine groups is 1. The molecule has 98 valence electrons. The van der Waals surface area contributed by atoms with Crippen LogP contribution in [0.1, 0.15) is 36.9 Å². The first kappa shape index (κ1) is 14.6. The zero-order valence-corrected chi connectivity index (χ0v) is 10.0. The summed E-state index contributed by atoms with van der Waals surface area (Å²) < 4.78 is 37.2. The largest absolute Gasteiger partial charge is 0.416 e. The lowest BCUT2D eigenvalue weighted by molar-refractivity contribution is -0.137. The first-order valence-electron chi connectivity index (χ1n) is 5.52. The molecule has 0 saturated heterocycles. The topological polar surface area (TPSA) is 38.0 Å². The highest BCUT2D eigenvalue weighted by atomic mass is 19.4. The summed E-state index contributed by atoms with van der Waals surface area (Å²) in [5, 5.41) is 0. The smallest absolute Gasteiger partial charge is 0.271 e. The summed E-state index contributed by atoms with van der Waals surface area (Å²) >= 11 is 0. The van der Waals surface area contributed by atoms with Crippen molar-refractivity contribution >= 4 is 0 Å². The molecule has 3 N–H and O–H groups in total. The average molecular weight is 256 g/mol. The van der Waals surface area contributed by atoms with Crippen LogP contribution in [0, 0.1) is 11.8 Å². The van der Waals surface area contributed by atoms with Crippen molar-refractivity contribution in [2.45, 2.75) is 32.0 Å². The lowest BCUT2D eigenvalue weighted by atomic mass is 10.0. The summed E-state index contributed by atoms with van der Waals surface area (Å²) in [5.74, 6) is 11.0. The Balaban J connectivity index is 2.77. The van der Waals surface area contributed by atoms with Gasteiger partial charge in [-0.15, -0.1) is 11.8 Å². The molecule has 0 aliphatic carbocycles. The third-order valence-electron chi connectivity index (χ3n) is 2.58. The van der Waals surface area contributed by atoms with Gasteiger partial charge in [-0.05, 0) is 31.0 Å². The second kappa shape index (κ2) is 6.43. The van der Waals surface area contributed by atoms with E-state index in [-0.39, 0.29) is 6.04 Å². The van der Waals surface area contributed by atoms with Crippen molar-refractivity contribution in [3.63, 3.8) is 0 Å². The van der Waals surface area contributed by atoms with Gasteiger partial charge in [-0.3, -0.25) is 11.3 Å². The molecule has 0 saturated carbocycles. The lowest BCUT2D eigenvalue weighted by Gasteiger charge is -2.16. The van der Waals surface area contributed by atoms with E-state index < -0.39 is 11.7 Å². The van der Waals surface area contributed by atoms with E-state index in [0.29, 0.717) is 12.8 Å². The number of nitrogens with one attached hydrogen (secondary N) is 1. The molecule has 0 radical (unpaired) electrons. The van der Waals surface area contributed by atoms with Crippen LogP contribution in [0.2, 0.25) is 0 Å². The molecule has 0 bridgehead atoms. The van der Waals surface area contributed by atoms with Crippen molar-refractivity contribution in [1.82, 2.24) is 5.43 Å². The Hall–Kier alpha value is -1.51. The molecule has 1 unspecified atom stereocenters. The van der Waals surface area contributed by atoms with Gasteiger partial charge < -0.3 is 0 Å². The Morgan fingerprint density at radius 2 is 1.89 bits per heavy atom. The Labute approximate surface area is 104 Å². The molecule has 2 nitrogen and oxygen atoms in total. The van der Waals surface area contributed by atoms with Crippen LogP contribution in [0.25, 0.3) is 0 Å². The molecular weight excluding hydrogens is 241 g/mol. The molecule has 0 aromatic heterocycles. The number of benzene rings is 1. The van der Waals surface area contributed by atoms with Crippen molar-refractivity contribution in [2.24, 2.45) is 5.84 Å². The van der Waals surface area contributed by atoms with Crippen molar-refractivity contribution in [3.8, 4) is 11.8 Å². The molecule has 0 aliphatic heterocycles. The van der Waals surface area contributed by atoms with E-state index in [1.807, 2.05) is 0 Å². The number of rotatable bonds is 4. The van der Waals surface area contributed by atoms with Crippen LogP contribution in [0.4, 0.5) is 13.2 Å². The Morgan fingerprint density at radius 3 is 2.33 bits per heavy atom. The van der Waals surface area contributed by atoms with Crippen LogP contribution in [0.5, 0.6) is 0 Å². The summed E-state index contributed by atoms with van der Waals surface area (Å²) in [6.07, 6.45) is -3.01. The Kier molecular flexibility index (Phi) is 5.20. The zero-order valence-electron chi connectivity index (χ0n) is 10.0.